The maximum atomic E-state index is 10.4. The lowest BCUT2D eigenvalue weighted by Crippen LogP contribution is -2.21. The van der Waals surface area contributed by atoms with Crippen LogP contribution in [-0.4, -0.2) is 19.7 Å². The molecule has 9 heavy (non-hydrogen) atoms. The molecule has 0 saturated heterocycles. The zero-order valence-corrected chi connectivity index (χ0v) is 6.10. The fourth-order valence-corrected chi connectivity index (χ4v) is 0.315. The van der Waals surface area contributed by atoms with E-state index in [0.717, 1.165) is 0 Å². The van der Waals surface area contributed by atoms with Crippen molar-refractivity contribution in [2.75, 3.05) is 13.7 Å². The van der Waals surface area contributed by atoms with Crippen LogP contribution in [0.4, 0.5) is 4.79 Å². The lowest BCUT2D eigenvalue weighted by Gasteiger charge is -2.04. The molecule has 0 bridgehead atoms. The van der Waals surface area contributed by atoms with E-state index in [-0.39, 0.29) is 6.09 Å². The molecule has 0 aromatic carbocycles. The molecule has 0 aliphatic heterocycles. The van der Waals surface area contributed by atoms with E-state index in [4.69, 9.17) is 4.74 Å². The summed E-state index contributed by atoms with van der Waals surface area (Å²) in [5.41, 5.74) is 0. The van der Waals surface area contributed by atoms with Gasteiger partial charge in [-0.2, -0.15) is 0 Å². The predicted molar refractivity (Wildman–Crippen MR) is 35.2 cm³/mol. The minimum Gasteiger partial charge on any atom is -0.449 e. The van der Waals surface area contributed by atoms with E-state index < -0.39 is 0 Å². The van der Waals surface area contributed by atoms with Crippen molar-refractivity contribution in [1.82, 2.24) is 5.32 Å². The number of amides is 1. The van der Waals surface area contributed by atoms with Crippen LogP contribution in [0.5, 0.6) is 0 Å². The van der Waals surface area contributed by atoms with E-state index in [1.54, 1.807) is 7.05 Å². The highest BCUT2D eigenvalue weighted by atomic mass is 16.5. The Balaban J connectivity index is 3.17. The van der Waals surface area contributed by atoms with E-state index in [1.165, 1.54) is 0 Å². The second-order valence-corrected chi connectivity index (χ2v) is 2.24. The number of nitrogens with one attached hydrogen (secondary N) is 1. The Labute approximate surface area is 55.4 Å². The molecule has 0 aromatic rings. The van der Waals surface area contributed by atoms with Crippen LogP contribution >= 0.6 is 0 Å². The molecular weight excluding hydrogens is 118 g/mol. The molecule has 0 heterocycles. The van der Waals surface area contributed by atoms with E-state index in [2.05, 4.69) is 5.32 Å². The normalized spacial score (nSPS) is 9.33. The third-order valence-corrected chi connectivity index (χ3v) is 0.752. The summed E-state index contributed by atoms with van der Waals surface area (Å²) in [7, 11) is 1.54. The van der Waals surface area contributed by atoms with Gasteiger partial charge >= 0.3 is 6.09 Å². The number of ether oxygens (including phenoxy) is 1. The van der Waals surface area contributed by atoms with Crippen LogP contribution in [0.3, 0.4) is 0 Å². The van der Waals surface area contributed by atoms with Crippen molar-refractivity contribution in [3.8, 4) is 0 Å². The van der Waals surface area contributed by atoms with Crippen molar-refractivity contribution in [2.24, 2.45) is 5.92 Å². The predicted octanol–water partition coefficient (Wildman–Crippen LogP) is 0.998. The summed E-state index contributed by atoms with van der Waals surface area (Å²) in [5, 5.41) is 2.36. The highest BCUT2D eigenvalue weighted by Gasteiger charge is 1.98. The Morgan fingerprint density at radius 1 is 1.67 bits per heavy atom. The second kappa shape index (κ2) is 4.18. The molecular formula is C6H13NO2. The summed E-state index contributed by atoms with van der Waals surface area (Å²) in [6, 6.07) is 0. The summed E-state index contributed by atoms with van der Waals surface area (Å²) < 4.78 is 4.70. The molecule has 3 nitrogen and oxygen atoms in total. The third-order valence-electron chi connectivity index (χ3n) is 0.752. The van der Waals surface area contributed by atoms with Crippen LogP contribution in [0.1, 0.15) is 13.8 Å². The maximum Gasteiger partial charge on any atom is 0.406 e. The quantitative estimate of drug-likeness (QED) is 0.607. The first-order chi connectivity index (χ1) is 4.16. The first-order valence-electron chi connectivity index (χ1n) is 3.01. The Morgan fingerprint density at radius 2 is 2.22 bits per heavy atom. The van der Waals surface area contributed by atoms with Gasteiger partial charge in [-0.1, -0.05) is 13.8 Å². The van der Waals surface area contributed by atoms with Gasteiger partial charge in [-0.3, -0.25) is 0 Å². The Morgan fingerprint density at radius 3 is 2.56 bits per heavy atom. The van der Waals surface area contributed by atoms with E-state index >= 15 is 0 Å². The molecule has 0 atom stereocenters. The van der Waals surface area contributed by atoms with Gasteiger partial charge < -0.3 is 10.1 Å². The van der Waals surface area contributed by atoms with Crippen LogP contribution < -0.4 is 5.32 Å². The van der Waals surface area contributed by atoms with Gasteiger partial charge in [-0.25, -0.2) is 4.79 Å². The molecule has 0 spiro atoms. The molecule has 0 fully saturated rings. The summed E-state index contributed by atoms with van der Waals surface area (Å²) in [6.07, 6.45) is -0.358. The topological polar surface area (TPSA) is 38.3 Å². The number of rotatable bonds is 2. The first kappa shape index (κ1) is 8.27. The third kappa shape index (κ3) is 5.14. The zero-order chi connectivity index (χ0) is 7.28. The number of alkyl carbamates (subject to hydrolysis) is 1. The molecule has 0 saturated carbocycles. The van der Waals surface area contributed by atoms with Crippen LogP contribution in [0.15, 0.2) is 0 Å². The SMILES string of the molecule is CNC(=O)OCC(C)C. The molecule has 0 rings (SSSR count). The number of hydrogen-bond donors (Lipinski definition) is 1. The van der Waals surface area contributed by atoms with Crippen LogP contribution in [0.2, 0.25) is 0 Å². The van der Waals surface area contributed by atoms with Crippen molar-refractivity contribution in [1.29, 1.82) is 0 Å². The monoisotopic (exact) mass is 131 g/mol. The van der Waals surface area contributed by atoms with Gasteiger partial charge in [0.2, 0.25) is 0 Å². The smallest absolute Gasteiger partial charge is 0.406 e. The summed E-state index contributed by atoms with van der Waals surface area (Å²) >= 11 is 0. The molecule has 0 radical (unpaired) electrons. The van der Waals surface area contributed by atoms with Gasteiger partial charge in [0.1, 0.15) is 0 Å². The number of carbonyl (C=O) groups is 1. The average molecular weight is 131 g/mol. The largest absolute Gasteiger partial charge is 0.449 e. The summed E-state index contributed by atoms with van der Waals surface area (Å²) in [5.74, 6) is 0.405. The number of carbonyl (C=O) groups excluding carboxylic acids is 1. The van der Waals surface area contributed by atoms with Crippen molar-refractivity contribution in [3.63, 3.8) is 0 Å². The molecule has 54 valence electrons. The Bertz CT molecular complexity index is 91.1. The van der Waals surface area contributed by atoms with Gasteiger partial charge in [0.05, 0.1) is 6.61 Å². The van der Waals surface area contributed by atoms with E-state index in [9.17, 15) is 4.79 Å². The van der Waals surface area contributed by atoms with Crippen LogP contribution in [0, 0.1) is 5.92 Å². The van der Waals surface area contributed by atoms with Crippen LogP contribution in [-0.2, 0) is 4.74 Å². The molecule has 1 amide bonds. The van der Waals surface area contributed by atoms with E-state index in [1.807, 2.05) is 13.8 Å². The minimum atomic E-state index is -0.358. The zero-order valence-electron chi connectivity index (χ0n) is 6.10. The maximum absolute atomic E-state index is 10.4. The highest BCUT2D eigenvalue weighted by molar-refractivity contribution is 5.66. The van der Waals surface area contributed by atoms with Gasteiger partial charge in [0, 0.05) is 7.05 Å². The van der Waals surface area contributed by atoms with Crippen LogP contribution in [0.25, 0.3) is 0 Å². The fraction of sp³-hybridized carbons (Fsp3) is 0.833. The standard InChI is InChI=1S/C6H13NO2/c1-5(2)4-9-6(8)7-3/h5H,4H2,1-3H3,(H,7,8). The van der Waals surface area contributed by atoms with Gasteiger partial charge in [0.25, 0.3) is 0 Å². The minimum absolute atomic E-state index is 0.358. The van der Waals surface area contributed by atoms with Gasteiger partial charge in [-0.05, 0) is 5.92 Å². The van der Waals surface area contributed by atoms with Gasteiger partial charge in [0.15, 0.2) is 0 Å². The molecule has 0 unspecified atom stereocenters. The molecule has 0 aromatic heterocycles. The summed E-state index contributed by atoms with van der Waals surface area (Å²) in [6.45, 7) is 4.46. The Hall–Kier alpha value is -0.730. The summed E-state index contributed by atoms with van der Waals surface area (Å²) in [4.78, 5) is 10.4. The molecule has 0 aliphatic carbocycles. The number of hydrogen-bond acceptors (Lipinski definition) is 2. The van der Waals surface area contributed by atoms with Crippen molar-refractivity contribution in [2.45, 2.75) is 13.8 Å². The lowest BCUT2D eigenvalue weighted by molar-refractivity contribution is 0.135. The second-order valence-electron chi connectivity index (χ2n) is 2.24. The molecule has 0 aliphatic rings. The average Bonchev–Trinajstić information content (AvgIpc) is 1.83. The van der Waals surface area contributed by atoms with Crippen molar-refractivity contribution < 1.29 is 9.53 Å². The van der Waals surface area contributed by atoms with Gasteiger partial charge in [-0.15, -0.1) is 0 Å². The first-order valence-corrected chi connectivity index (χ1v) is 3.01. The highest BCUT2D eigenvalue weighted by Crippen LogP contribution is 1.91. The van der Waals surface area contributed by atoms with Crippen molar-refractivity contribution in [3.05, 3.63) is 0 Å². The lowest BCUT2D eigenvalue weighted by atomic mass is 10.2. The molecule has 3 heteroatoms. The fourth-order valence-electron chi connectivity index (χ4n) is 0.315. The molecule has 1 N–H and O–H groups in total. The van der Waals surface area contributed by atoms with Crippen molar-refractivity contribution >= 4 is 6.09 Å². The Kier molecular flexibility index (Phi) is 3.84. The van der Waals surface area contributed by atoms with E-state index in [0.29, 0.717) is 12.5 Å².